The first-order valence-corrected chi connectivity index (χ1v) is 9.62. The minimum absolute atomic E-state index is 0.0168. The van der Waals surface area contributed by atoms with Crippen molar-refractivity contribution in [1.82, 2.24) is 10.4 Å². The zero-order valence-corrected chi connectivity index (χ0v) is 17.2. The number of alkyl carbamates (subject to hydrolysis) is 1. The number of carbonyl (C=O) groups excluding carboxylic acids is 3. The predicted molar refractivity (Wildman–Crippen MR) is 113 cm³/mol. The highest BCUT2D eigenvalue weighted by Gasteiger charge is 2.30. The van der Waals surface area contributed by atoms with E-state index in [1.54, 1.807) is 13.0 Å². The van der Waals surface area contributed by atoms with Crippen LogP contribution in [0, 0.1) is 0 Å². The van der Waals surface area contributed by atoms with Gasteiger partial charge in [-0.15, -0.1) is 0 Å². The van der Waals surface area contributed by atoms with Crippen LogP contribution in [0.3, 0.4) is 0 Å². The van der Waals surface area contributed by atoms with E-state index in [-0.39, 0.29) is 25.6 Å². The lowest BCUT2D eigenvalue weighted by Gasteiger charge is -2.30. The molecule has 1 aliphatic heterocycles. The van der Waals surface area contributed by atoms with E-state index in [1.807, 2.05) is 47.8 Å². The summed E-state index contributed by atoms with van der Waals surface area (Å²) in [6.07, 6.45) is 0.584. The Kier molecular flexibility index (Phi) is 7.01. The van der Waals surface area contributed by atoms with Gasteiger partial charge in [-0.2, -0.15) is 0 Å². The normalized spacial score (nSPS) is 13.6. The molecule has 0 aliphatic carbocycles. The number of nitrogens with two attached hydrogens (primary N) is 1. The van der Waals surface area contributed by atoms with Gasteiger partial charge in [0.15, 0.2) is 0 Å². The number of hydroxylamine groups is 2. The number of allylic oxidation sites excluding steroid dienone is 2. The topological polar surface area (TPSA) is 120 Å². The number of ether oxygens (including phenoxy) is 2. The fourth-order valence-corrected chi connectivity index (χ4v) is 3.17. The van der Waals surface area contributed by atoms with Crippen molar-refractivity contribution in [3.8, 4) is 0 Å². The van der Waals surface area contributed by atoms with Crippen molar-refractivity contribution < 1.29 is 28.7 Å². The average Bonchev–Trinajstić information content (AvgIpc) is 2.78. The molecule has 1 heterocycles. The molecule has 1 aliphatic rings. The van der Waals surface area contributed by atoms with Gasteiger partial charge in [0.25, 0.3) is 0 Å². The second-order valence-electron chi connectivity index (χ2n) is 6.50. The third-order valence-electron chi connectivity index (χ3n) is 4.54. The standard InChI is InChI=1S/C22H23N3O6/c1-3-30-21(27)15-11-18(17-10-6-8-14-7-4-5-9-16(14)17)20(25(13-15)29-2)31-22(28)24-19(26)12-23/h4-11H,3,12-13,23H2,1-2H3,(H,24,26,28). The molecule has 2 amide bonds. The van der Waals surface area contributed by atoms with Crippen molar-refractivity contribution in [3.05, 3.63) is 65.6 Å². The Bertz CT molecular complexity index is 1070. The van der Waals surface area contributed by atoms with Crippen LogP contribution in [0.4, 0.5) is 4.79 Å². The van der Waals surface area contributed by atoms with E-state index in [1.165, 1.54) is 12.2 Å². The molecule has 0 unspecified atom stereocenters. The quantitative estimate of drug-likeness (QED) is 0.675. The van der Waals surface area contributed by atoms with Crippen LogP contribution in [0.1, 0.15) is 12.5 Å². The molecule has 9 nitrogen and oxygen atoms in total. The van der Waals surface area contributed by atoms with Crippen LogP contribution in [0.2, 0.25) is 0 Å². The van der Waals surface area contributed by atoms with Gasteiger partial charge in [0.05, 0.1) is 32.4 Å². The van der Waals surface area contributed by atoms with E-state index in [9.17, 15) is 14.4 Å². The van der Waals surface area contributed by atoms with E-state index in [0.717, 1.165) is 10.8 Å². The lowest BCUT2D eigenvalue weighted by Crippen LogP contribution is -2.39. The van der Waals surface area contributed by atoms with Crippen molar-refractivity contribution >= 4 is 34.3 Å². The molecule has 31 heavy (non-hydrogen) atoms. The number of imide groups is 1. The molecule has 3 N–H and O–H groups in total. The maximum atomic E-state index is 12.4. The van der Waals surface area contributed by atoms with Crippen LogP contribution in [0.5, 0.6) is 0 Å². The molecular formula is C22H23N3O6. The van der Waals surface area contributed by atoms with Gasteiger partial charge in [-0.25, -0.2) is 14.7 Å². The van der Waals surface area contributed by atoms with E-state index in [4.69, 9.17) is 20.0 Å². The van der Waals surface area contributed by atoms with Crippen LogP contribution in [-0.2, 0) is 23.9 Å². The van der Waals surface area contributed by atoms with Crippen LogP contribution in [0.25, 0.3) is 16.3 Å². The number of nitrogens with zero attached hydrogens (tertiary/aromatic N) is 1. The molecule has 162 valence electrons. The minimum atomic E-state index is -1.02. The van der Waals surface area contributed by atoms with Crippen LogP contribution < -0.4 is 11.1 Å². The van der Waals surface area contributed by atoms with Crippen LogP contribution in [0.15, 0.2) is 60.0 Å². The summed E-state index contributed by atoms with van der Waals surface area (Å²) >= 11 is 0. The summed E-state index contributed by atoms with van der Waals surface area (Å²) in [5.74, 6) is -1.18. The first-order chi connectivity index (χ1) is 15.0. The Morgan fingerprint density at radius 2 is 1.87 bits per heavy atom. The smallest absolute Gasteiger partial charge is 0.420 e. The molecule has 0 saturated carbocycles. The second-order valence-corrected chi connectivity index (χ2v) is 6.50. The number of hydrogen-bond donors (Lipinski definition) is 2. The summed E-state index contributed by atoms with van der Waals surface area (Å²) in [5, 5.41) is 5.10. The zero-order valence-electron chi connectivity index (χ0n) is 17.2. The number of hydrogen-bond acceptors (Lipinski definition) is 8. The van der Waals surface area contributed by atoms with Crippen molar-refractivity contribution in [2.24, 2.45) is 5.73 Å². The number of rotatable bonds is 6. The van der Waals surface area contributed by atoms with Crippen molar-refractivity contribution in [2.45, 2.75) is 6.92 Å². The number of fused-ring (bicyclic) bond motifs is 1. The van der Waals surface area contributed by atoms with E-state index in [0.29, 0.717) is 16.7 Å². The van der Waals surface area contributed by atoms with Crippen molar-refractivity contribution in [2.75, 3.05) is 26.8 Å². The highest BCUT2D eigenvalue weighted by atomic mass is 16.7. The van der Waals surface area contributed by atoms with Gasteiger partial charge in [0, 0.05) is 5.57 Å². The summed E-state index contributed by atoms with van der Waals surface area (Å²) in [7, 11) is 1.38. The maximum Gasteiger partial charge on any atom is 0.420 e. The summed E-state index contributed by atoms with van der Waals surface area (Å²) in [4.78, 5) is 41.6. The summed E-state index contributed by atoms with van der Waals surface area (Å²) in [6.45, 7) is 1.54. The molecular weight excluding hydrogens is 402 g/mol. The Labute approximate surface area is 179 Å². The number of carbonyl (C=O) groups is 3. The van der Waals surface area contributed by atoms with Crippen molar-refractivity contribution in [3.63, 3.8) is 0 Å². The molecule has 0 bridgehead atoms. The molecule has 0 aromatic heterocycles. The highest BCUT2D eigenvalue weighted by molar-refractivity contribution is 6.01. The molecule has 2 aromatic rings. The van der Waals surface area contributed by atoms with Crippen LogP contribution >= 0.6 is 0 Å². The van der Waals surface area contributed by atoms with E-state index >= 15 is 0 Å². The van der Waals surface area contributed by atoms with Gasteiger partial charge in [-0.05, 0) is 29.3 Å². The second kappa shape index (κ2) is 9.88. The molecule has 0 saturated heterocycles. The third-order valence-corrected chi connectivity index (χ3v) is 4.54. The lowest BCUT2D eigenvalue weighted by atomic mass is 9.95. The Morgan fingerprint density at radius 1 is 1.13 bits per heavy atom. The zero-order chi connectivity index (χ0) is 22.4. The first-order valence-electron chi connectivity index (χ1n) is 9.62. The monoisotopic (exact) mass is 425 g/mol. The molecule has 0 spiro atoms. The van der Waals surface area contributed by atoms with Crippen LogP contribution in [-0.4, -0.2) is 49.8 Å². The lowest BCUT2D eigenvalue weighted by molar-refractivity contribution is -0.145. The number of esters is 1. The summed E-state index contributed by atoms with van der Waals surface area (Å²) < 4.78 is 10.6. The van der Waals surface area contributed by atoms with E-state index in [2.05, 4.69) is 0 Å². The third kappa shape index (κ3) is 4.90. The fraction of sp³-hybridized carbons (Fsp3) is 0.227. The average molecular weight is 425 g/mol. The minimum Gasteiger partial charge on any atom is -0.463 e. The molecule has 0 radical (unpaired) electrons. The molecule has 9 heteroatoms. The number of nitrogens with one attached hydrogen (secondary N) is 1. The van der Waals surface area contributed by atoms with Gasteiger partial charge in [-0.3, -0.25) is 14.9 Å². The largest absolute Gasteiger partial charge is 0.463 e. The number of benzene rings is 2. The fourth-order valence-electron chi connectivity index (χ4n) is 3.17. The highest BCUT2D eigenvalue weighted by Crippen LogP contribution is 2.34. The predicted octanol–water partition coefficient (Wildman–Crippen LogP) is 2.09. The molecule has 3 rings (SSSR count). The SMILES string of the molecule is CCOC(=O)C1=CC(c2cccc3ccccc23)=C(OC(=O)NC(=O)CN)N(OC)C1. The molecule has 2 aromatic carbocycles. The van der Waals surface area contributed by atoms with Gasteiger partial charge >= 0.3 is 12.1 Å². The first kappa shape index (κ1) is 22.0. The van der Waals surface area contributed by atoms with Gasteiger partial charge in [-0.1, -0.05) is 42.5 Å². The van der Waals surface area contributed by atoms with Gasteiger partial charge in [0.1, 0.15) is 0 Å². The van der Waals surface area contributed by atoms with Crippen molar-refractivity contribution in [1.29, 1.82) is 0 Å². The molecule has 0 atom stereocenters. The van der Waals surface area contributed by atoms with Gasteiger partial charge < -0.3 is 15.2 Å². The molecule has 0 fully saturated rings. The maximum absolute atomic E-state index is 12.4. The Morgan fingerprint density at radius 3 is 2.58 bits per heavy atom. The van der Waals surface area contributed by atoms with E-state index < -0.39 is 18.0 Å². The summed E-state index contributed by atoms with van der Waals surface area (Å²) in [5.41, 5.74) is 6.68. The number of amides is 2. The Hall–Kier alpha value is -3.69. The summed E-state index contributed by atoms with van der Waals surface area (Å²) in [6, 6.07) is 13.3. The Balaban J connectivity index is 2.17. The van der Waals surface area contributed by atoms with Gasteiger partial charge in [0.2, 0.25) is 11.8 Å².